The van der Waals surface area contributed by atoms with Crippen molar-refractivity contribution in [2.45, 2.75) is 18.9 Å². The molecule has 1 heterocycles. The first-order valence-corrected chi connectivity index (χ1v) is 8.83. The summed E-state index contributed by atoms with van der Waals surface area (Å²) in [5.41, 5.74) is 1.37. The molecule has 1 fully saturated rings. The zero-order chi connectivity index (χ0) is 16.9. The van der Waals surface area contributed by atoms with Crippen LogP contribution in [0.5, 0.6) is 0 Å². The summed E-state index contributed by atoms with van der Waals surface area (Å²) < 4.78 is 0.960. The number of nitrogens with zero attached hydrogens (tertiary/aromatic N) is 1. The number of hydrogen-bond donors (Lipinski definition) is 1. The molecule has 1 N–H and O–H groups in total. The molecule has 0 saturated carbocycles. The Morgan fingerprint density at radius 3 is 2.17 bits per heavy atom. The highest BCUT2D eigenvalue weighted by molar-refractivity contribution is 9.10. The fraction of sp³-hybridized carbons (Fsp3) is 0.263. The molecule has 0 aliphatic carbocycles. The summed E-state index contributed by atoms with van der Waals surface area (Å²) in [5, 5.41) is 3.06. The maximum Gasteiger partial charge on any atom is 0.253 e. The van der Waals surface area contributed by atoms with Gasteiger partial charge in [-0.25, -0.2) is 0 Å². The molecule has 2 amide bonds. The second-order valence-electron chi connectivity index (χ2n) is 5.91. The third-order valence-corrected chi connectivity index (χ3v) is 4.77. The number of likely N-dealkylation sites (tertiary alicyclic amines) is 1. The van der Waals surface area contributed by atoms with E-state index in [4.69, 9.17) is 0 Å². The predicted molar refractivity (Wildman–Crippen MR) is 97.0 cm³/mol. The maximum atomic E-state index is 12.5. The van der Waals surface area contributed by atoms with Crippen LogP contribution in [0.1, 0.15) is 33.6 Å². The minimum atomic E-state index is -0.0479. The Labute approximate surface area is 150 Å². The summed E-state index contributed by atoms with van der Waals surface area (Å²) in [7, 11) is 0. The molecule has 0 radical (unpaired) electrons. The summed E-state index contributed by atoms with van der Waals surface area (Å²) in [4.78, 5) is 26.5. The van der Waals surface area contributed by atoms with E-state index >= 15 is 0 Å². The van der Waals surface area contributed by atoms with Gasteiger partial charge in [0.25, 0.3) is 11.8 Å². The highest BCUT2D eigenvalue weighted by Gasteiger charge is 2.24. The topological polar surface area (TPSA) is 49.4 Å². The van der Waals surface area contributed by atoms with Gasteiger partial charge in [0.15, 0.2) is 0 Å². The average molecular weight is 387 g/mol. The molecule has 1 saturated heterocycles. The van der Waals surface area contributed by atoms with Crippen LogP contribution in [-0.2, 0) is 0 Å². The van der Waals surface area contributed by atoms with Crippen molar-refractivity contribution in [3.05, 3.63) is 70.2 Å². The summed E-state index contributed by atoms with van der Waals surface area (Å²) in [6.07, 6.45) is 1.56. The number of halogens is 1. The molecule has 0 unspecified atom stereocenters. The number of hydrogen-bond acceptors (Lipinski definition) is 2. The van der Waals surface area contributed by atoms with Crippen LogP contribution in [0.4, 0.5) is 0 Å². The highest BCUT2D eigenvalue weighted by Crippen LogP contribution is 2.16. The standard InChI is InChI=1S/C19H19BrN2O2/c20-16-8-6-15(7-9-16)19(24)22-12-10-17(11-13-22)21-18(23)14-4-2-1-3-5-14/h1-9,17H,10-13H2,(H,21,23). The molecule has 3 rings (SSSR count). The first-order chi connectivity index (χ1) is 11.6. The number of carbonyl (C=O) groups excluding carboxylic acids is 2. The van der Waals surface area contributed by atoms with Crippen LogP contribution in [0, 0.1) is 0 Å². The largest absolute Gasteiger partial charge is 0.349 e. The van der Waals surface area contributed by atoms with Gasteiger partial charge in [0.1, 0.15) is 0 Å². The maximum absolute atomic E-state index is 12.5. The lowest BCUT2D eigenvalue weighted by molar-refractivity contribution is 0.0698. The van der Waals surface area contributed by atoms with E-state index in [2.05, 4.69) is 21.2 Å². The monoisotopic (exact) mass is 386 g/mol. The van der Waals surface area contributed by atoms with Crippen LogP contribution in [-0.4, -0.2) is 35.8 Å². The van der Waals surface area contributed by atoms with E-state index < -0.39 is 0 Å². The second-order valence-corrected chi connectivity index (χ2v) is 6.83. The summed E-state index contributed by atoms with van der Waals surface area (Å²) in [6.45, 7) is 1.32. The predicted octanol–water partition coefficient (Wildman–Crippen LogP) is 3.48. The van der Waals surface area contributed by atoms with Crippen molar-refractivity contribution in [3.8, 4) is 0 Å². The molecule has 0 spiro atoms. The van der Waals surface area contributed by atoms with Crippen molar-refractivity contribution in [2.24, 2.45) is 0 Å². The van der Waals surface area contributed by atoms with Gasteiger partial charge in [-0.15, -0.1) is 0 Å². The quantitative estimate of drug-likeness (QED) is 0.877. The summed E-state index contributed by atoms with van der Waals surface area (Å²) in [6, 6.07) is 16.7. The summed E-state index contributed by atoms with van der Waals surface area (Å²) >= 11 is 3.38. The van der Waals surface area contributed by atoms with Crippen LogP contribution in [0.2, 0.25) is 0 Å². The van der Waals surface area contributed by atoms with Gasteiger partial charge in [0.05, 0.1) is 0 Å². The first kappa shape index (κ1) is 16.7. The van der Waals surface area contributed by atoms with Crippen LogP contribution >= 0.6 is 15.9 Å². The number of nitrogens with one attached hydrogen (secondary N) is 1. The molecule has 1 aliphatic rings. The van der Waals surface area contributed by atoms with E-state index in [1.807, 2.05) is 59.5 Å². The van der Waals surface area contributed by atoms with Gasteiger partial charge in [-0.05, 0) is 49.2 Å². The smallest absolute Gasteiger partial charge is 0.253 e. The van der Waals surface area contributed by atoms with Crippen LogP contribution < -0.4 is 5.32 Å². The van der Waals surface area contributed by atoms with E-state index in [0.717, 1.165) is 17.3 Å². The molecule has 124 valence electrons. The van der Waals surface area contributed by atoms with E-state index in [1.165, 1.54) is 0 Å². The van der Waals surface area contributed by atoms with Gasteiger partial charge in [0, 0.05) is 34.7 Å². The van der Waals surface area contributed by atoms with Crippen molar-refractivity contribution < 1.29 is 9.59 Å². The van der Waals surface area contributed by atoms with Gasteiger partial charge in [-0.3, -0.25) is 9.59 Å². The molecule has 0 bridgehead atoms. The van der Waals surface area contributed by atoms with Gasteiger partial charge in [-0.1, -0.05) is 34.1 Å². The van der Waals surface area contributed by atoms with Gasteiger partial charge in [-0.2, -0.15) is 0 Å². The zero-order valence-electron chi connectivity index (χ0n) is 13.2. The number of rotatable bonds is 3. The molecule has 5 heteroatoms. The minimum absolute atomic E-state index is 0.0479. The van der Waals surface area contributed by atoms with Gasteiger partial charge < -0.3 is 10.2 Å². The number of piperidine rings is 1. The van der Waals surface area contributed by atoms with Crippen LogP contribution in [0.3, 0.4) is 0 Å². The minimum Gasteiger partial charge on any atom is -0.349 e. The van der Waals surface area contributed by atoms with Crippen molar-refractivity contribution in [1.82, 2.24) is 10.2 Å². The molecular weight excluding hydrogens is 368 g/mol. The lowest BCUT2D eigenvalue weighted by Gasteiger charge is -2.32. The summed E-state index contributed by atoms with van der Waals surface area (Å²) in [5.74, 6) is 0.00335. The number of amides is 2. The van der Waals surface area contributed by atoms with Crippen LogP contribution in [0.25, 0.3) is 0 Å². The highest BCUT2D eigenvalue weighted by atomic mass is 79.9. The molecule has 0 aromatic heterocycles. The first-order valence-electron chi connectivity index (χ1n) is 8.04. The van der Waals surface area contributed by atoms with Gasteiger partial charge >= 0.3 is 0 Å². The normalized spacial score (nSPS) is 15.1. The Hall–Kier alpha value is -2.14. The van der Waals surface area contributed by atoms with E-state index in [-0.39, 0.29) is 17.9 Å². The molecule has 2 aromatic rings. The number of carbonyl (C=O) groups is 2. The Morgan fingerprint density at radius 2 is 1.54 bits per heavy atom. The number of benzene rings is 2. The molecule has 24 heavy (non-hydrogen) atoms. The van der Waals surface area contributed by atoms with Crippen molar-refractivity contribution in [2.75, 3.05) is 13.1 Å². The average Bonchev–Trinajstić information content (AvgIpc) is 2.63. The molecule has 4 nitrogen and oxygen atoms in total. The van der Waals surface area contributed by atoms with E-state index in [0.29, 0.717) is 24.2 Å². The van der Waals surface area contributed by atoms with Crippen molar-refractivity contribution in [1.29, 1.82) is 0 Å². The molecule has 1 aliphatic heterocycles. The van der Waals surface area contributed by atoms with Crippen LogP contribution in [0.15, 0.2) is 59.1 Å². The lowest BCUT2D eigenvalue weighted by Crippen LogP contribution is -2.46. The second kappa shape index (κ2) is 7.62. The SMILES string of the molecule is O=C(NC1CCN(C(=O)c2ccc(Br)cc2)CC1)c1ccccc1. The zero-order valence-corrected chi connectivity index (χ0v) is 14.8. The molecule has 0 atom stereocenters. The Bertz CT molecular complexity index is 708. The fourth-order valence-electron chi connectivity index (χ4n) is 2.86. The van der Waals surface area contributed by atoms with Gasteiger partial charge in [0.2, 0.25) is 0 Å². The fourth-order valence-corrected chi connectivity index (χ4v) is 3.12. The lowest BCUT2D eigenvalue weighted by atomic mass is 10.0. The van der Waals surface area contributed by atoms with E-state index in [9.17, 15) is 9.59 Å². The van der Waals surface area contributed by atoms with Crippen molar-refractivity contribution >= 4 is 27.7 Å². The Kier molecular flexibility index (Phi) is 5.30. The molecular formula is C19H19BrN2O2. The Morgan fingerprint density at radius 1 is 0.917 bits per heavy atom. The van der Waals surface area contributed by atoms with E-state index in [1.54, 1.807) is 0 Å². The third kappa shape index (κ3) is 4.03. The Balaban J connectivity index is 1.53. The third-order valence-electron chi connectivity index (χ3n) is 4.24. The molecule has 2 aromatic carbocycles. The van der Waals surface area contributed by atoms with Crippen molar-refractivity contribution in [3.63, 3.8) is 0 Å².